The number of alkyl halides is 3. The minimum absolute atomic E-state index is 0.0850. The van der Waals surface area contributed by atoms with Crippen LogP contribution in [0.5, 0.6) is 0 Å². The van der Waals surface area contributed by atoms with Crippen LogP contribution >= 0.6 is 0 Å². The zero-order valence-corrected chi connectivity index (χ0v) is 17.0. The third-order valence-corrected chi connectivity index (χ3v) is 5.61. The fourth-order valence-corrected chi connectivity index (χ4v) is 3.86. The molecule has 1 heterocycles. The maximum atomic E-state index is 12.9. The van der Waals surface area contributed by atoms with Crippen molar-refractivity contribution in [3.8, 4) is 0 Å². The Balaban J connectivity index is 1.75. The monoisotopic (exact) mass is 405 g/mol. The molecule has 6 nitrogen and oxygen atoms in total. The van der Waals surface area contributed by atoms with Gasteiger partial charge in [0, 0.05) is 45.7 Å². The van der Waals surface area contributed by atoms with E-state index in [-0.39, 0.29) is 5.91 Å². The van der Waals surface area contributed by atoms with Gasteiger partial charge in [0.15, 0.2) is 5.96 Å². The lowest BCUT2D eigenvalue weighted by Gasteiger charge is -2.39. The molecule has 1 atom stereocenters. The van der Waals surface area contributed by atoms with Crippen LogP contribution in [0.2, 0.25) is 0 Å². The maximum Gasteiger partial charge on any atom is 0.403 e. The topological polar surface area (TPSA) is 60.0 Å². The summed E-state index contributed by atoms with van der Waals surface area (Å²) in [5.74, 6) is 1.31. The van der Waals surface area contributed by atoms with E-state index in [0.29, 0.717) is 64.1 Å². The molecule has 0 aromatic heterocycles. The molecule has 162 valence electrons. The summed E-state index contributed by atoms with van der Waals surface area (Å²) in [7, 11) is 0. The van der Waals surface area contributed by atoms with Crippen molar-refractivity contribution in [2.45, 2.75) is 58.2 Å². The Labute approximate surface area is 165 Å². The van der Waals surface area contributed by atoms with E-state index in [9.17, 15) is 18.0 Å². The Bertz CT molecular complexity index is 512. The molecule has 1 aliphatic carbocycles. The molecule has 0 bridgehead atoms. The third kappa shape index (κ3) is 7.14. The Hall–Kier alpha value is -1.51. The van der Waals surface area contributed by atoms with Gasteiger partial charge in [-0.2, -0.15) is 13.2 Å². The van der Waals surface area contributed by atoms with E-state index in [2.05, 4.69) is 15.6 Å². The van der Waals surface area contributed by atoms with Crippen molar-refractivity contribution >= 4 is 11.9 Å². The van der Waals surface area contributed by atoms with Crippen molar-refractivity contribution in [2.75, 3.05) is 45.8 Å². The second-order valence-corrected chi connectivity index (χ2v) is 7.68. The van der Waals surface area contributed by atoms with Gasteiger partial charge in [0.25, 0.3) is 0 Å². The lowest BCUT2D eigenvalue weighted by molar-refractivity contribution is -0.181. The molecular formula is C19H34F3N5O. The molecule has 0 radical (unpaired) electrons. The highest BCUT2D eigenvalue weighted by Crippen LogP contribution is 2.27. The summed E-state index contributed by atoms with van der Waals surface area (Å²) in [5, 5.41) is 6.12. The summed E-state index contributed by atoms with van der Waals surface area (Å²) in [6.07, 6.45) is 1.15. The molecule has 2 fully saturated rings. The van der Waals surface area contributed by atoms with Gasteiger partial charge in [0.05, 0.1) is 6.54 Å². The number of guanidine groups is 1. The second kappa shape index (κ2) is 10.9. The Morgan fingerprint density at radius 1 is 1.14 bits per heavy atom. The highest BCUT2D eigenvalue weighted by atomic mass is 19.4. The van der Waals surface area contributed by atoms with Crippen LogP contribution < -0.4 is 10.6 Å². The van der Waals surface area contributed by atoms with Gasteiger partial charge in [-0.15, -0.1) is 0 Å². The molecule has 1 saturated carbocycles. The van der Waals surface area contributed by atoms with E-state index in [4.69, 9.17) is 0 Å². The predicted octanol–water partition coefficient (Wildman–Crippen LogP) is 2.22. The summed E-state index contributed by atoms with van der Waals surface area (Å²) in [5.41, 5.74) is 0. The average Bonchev–Trinajstić information content (AvgIpc) is 3.16. The Morgan fingerprint density at radius 2 is 1.79 bits per heavy atom. The molecule has 28 heavy (non-hydrogen) atoms. The van der Waals surface area contributed by atoms with Gasteiger partial charge < -0.3 is 15.5 Å². The minimum Gasteiger partial charge on any atom is -0.357 e. The van der Waals surface area contributed by atoms with E-state index < -0.39 is 12.2 Å². The van der Waals surface area contributed by atoms with E-state index in [0.717, 1.165) is 12.8 Å². The number of hydrogen-bond donors (Lipinski definition) is 2. The Morgan fingerprint density at radius 3 is 2.36 bits per heavy atom. The normalized spacial score (nSPS) is 21.0. The smallest absolute Gasteiger partial charge is 0.357 e. The molecule has 1 aliphatic heterocycles. The molecule has 2 N–H and O–H groups in total. The van der Waals surface area contributed by atoms with Crippen molar-refractivity contribution in [1.82, 2.24) is 20.4 Å². The number of amides is 1. The molecule has 1 amide bonds. The molecule has 0 aromatic rings. The first-order chi connectivity index (χ1) is 13.3. The van der Waals surface area contributed by atoms with Gasteiger partial charge in [-0.3, -0.25) is 14.7 Å². The van der Waals surface area contributed by atoms with Gasteiger partial charge in [-0.25, -0.2) is 0 Å². The Kier molecular flexibility index (Phi) is 8.85. The van der Waals surface area contributed by atoms with Crippen molar-refractivity contribution < 1.29 is 18.0 Å². The molecule has 1 unspecified atom stereocenters. The van der Waals surface area contributed by atoms with Crippen molar-refractivity contribution in [1.29, 1.82) is 0 Å². The van der Waals surface area contributed by atoms with Gasteiger partial charge in [-0.05, 0) is 32.6 Å². The van der Waals surface area contributed by atoms with Crippen LogP contribution in [0.15, 0.2) is 4.99 Å². The largest absolute Gasteiger partial charge is 0.403 e. The maximum absolute atomic E-state index is 12.9. The lowest BCUT2D eigenvalue weighted by atomic mass is 10.0. The van der Waals surface area contributed by atoms with Crippen LogP contribution in [-0.2, 0) is 4.79 Å². The SMILES string of the molecule is CCNC(=NCCNC(=O)CC1CCCC1)N1CCN(C(C)C(F)(F)F)CC1. The van der Waals surface area contributed by atoms with E-state index >= 15 is 0 Å². The summed E-state index contributed by atoms with van der Waals surface area (Å²) in [6, 6.07) is -1.43. The summed E-state index contributed by atoms with van der Waals surface area (Å²) in [6.45, 7) is 6.49. The van der Waals surface area contributed by atoms with E-state index in [1.165, 1.54) is 24.7 Å². The van der Waals surface area contributed by atoms with Crippen LogP contribution in [-0.4, -0.2) is 79.7 Å². The first-order valence-corrected chi connectivity index (χ1v) is 10.4. The molecule has 1 saturated heterocycles. The quantitative estimate of drug-likeness (QED) is 0.387. The summed E-state index contributed by atoms with van der Waals surface area (Å²) < 4.78 is 38.6. The second-order valence-electron chi connectivity index (χ2n) is 7.68. The first kappa shape index (κ1) is 22.8. The van der Waals surface area contributed by atoms with Crippen LogP contribution in [0.1, 0.15) is 46.0 Å². The number of carbonyl (C=O) groups excluding carboxylic acids is 1. The highest BCUT2D eigenvalue weighted by Gasteiger charge is 2.41. The zero-order valence-electron chi connectivity index (χ0n) is 17.0. The van der Waals surface area contributed by atoms with Crippen molar-refractivity contribution in [2.24, 2.45) is 10.9 Å². The minimum atomic E-state index is -4.20. The molecular weight excluding hydrogens is 371 g/mol. The van der Waals surface area contributed by atoms with Crippen molar-refractivity contribution in [3.63, 3.8) is 0 Å². The zero-order chi connectivity index (χ0) is 20.6. The molecule has 2 rings (SSSR count). The number of halogens is 3. The molecule has 0 aromatic carbocycles. The number of carbonyl (C=O) groups is 1. The van der Waals surface area contributed by atoms with Crippen LogP contribution in [0.25, 0.3) is 0 Å². The standard InChI is InChI=1S/C19H34F3N5O/c1-3-23-18(25-9-8-24-17(28)14-16-6-4-5-7-16)27-12-10-26(11-13-27)15(2)19(20,21)22/h15-16H,3-14H2,1-2H3,(H,23,25)(H,24,28). The van der Waals surface area contributed by atoms with E-state index in [1.807, 2.05) is 11.8 Å². The number of aliphatic imine (C=N–C) groups is 1. The fraction of sp³-hybridized carbons (Fsp3) is 0.895. The fourth-order valence-electron chi connectivity index (χ4n) is 3.86. The lowest BCUT2D eigenvalue weighted by Crippen LogP contribution is -2.56. The molecule has 0 spiro atoms. The first-order valence-electron chi connectivity index (χ1n) is 10.4. The van der Waals surface area contributed by atoms with Crippen LogP contribution in [0.3, 0.4) is 0 Å². The van der Waals surface area contributed by atoms with Crippen LogP contribution in [0, 0.1) is 5.92 Å². The van der Waals surface area contributed by atoms with Gasteiger partial charge >= 0.3 is 6.18 Å². The third-order valence-electron chi connectivity index (χ3n) is 5.61. The average molecular weight is 406 g/mol. The number of nitrogens with one attached hydrogen (secondary N) is 2. The molecule has 9 heteroatoms. The predicted molar refractivity (Wildman–Crippen MR) is 104 cm³/mol. The highest BCUT2D eigenvalue weighted by molar-refractivity contribution is 5.80. The van der Waals surface area contributed by atoms with Gasteiger partial charge in [-0.1, -0.05) is 12.8 Å². The van der Waals surface area contributed by atoms with Gasteiger partial charge in [0.2, 0.25) is 5.91 Å². The number of rotatable bonds is 7. The van der Waals surface area contributed by atoms with Crippen LogP contribution in [0.4, 0.5) is 13.2 Å². The summed E-state index contributed by atoms with van der Waals surface area (Å²) in [4.78, 5) is 20.0. The number of nitrogens with zero attached hydrogens (tertiary/aromatic N) is 3. The summed E-state index contributed by atoms with van der Waals surface area (Å²) >= 11 is 0. The molecule has 2 aliphatic rings. The van der Waals surface area contributed by atoms with Gasteiger partial charge in [0.1, 0.15) is 6.04 Å². The number of hydrogen-bond acceptors (Lipinski definition) is 3. The van der Waals surface area contributed by atoms with Crippen molar-refractivity contribution in [3.05, 3.63) is 0 Å². The van der Waals surface area contributed by atoms with E-state index in [1.54, 1.807) is 0 Å². The number of piperazine rings is 1.